The van der Waals surface area contributed by atoms with Crippen molar-refractivity contribution in [1.82, 2.24) is 0 Å². The summed E-state index contributed by atoms with van der Waals surface area (Å²) >= 11 is 1.18. The molecular weight excluding hydrogens is 243 g/mol. The summed E-state index contributed by atoms with van der Waals surface area (Å²) in [7, 11) is 0. The molecule has 1 aromatic carbocycles. The second-order valence-corrected chi connectivity index (χ2v) is 4.47. The average Bonchev–Trinajstić information content (AvgIpc) is 2.28. The van der Waals surface area contributed by atoms with E-state index >= 15 is 0 Å². The van der Waals surface area contributed by atoms with Gasteiger partial charge >= 0.3 is 5.97 Å². The lowest BCUT2D eigenvalue weighted by atomic mass is 10.3. The maximum absolute atomic E-state index is 13.2. The highest BCUT2D eigenvalue weighted by molar-refractivity contribution is 7.99. The molecule has 0 aliphatic rings. The molecule has 0 radical (unpaired) electrons. The second kappa shape index (κ2) is 7.29. The number of aliphatic hydroxyl groups is 1. The number of aliphatic hydroxyl groups excluding tert-OH is 1. The van der Waals surface area contributed by atoms with Crippen LogP contribution >= 0.6 is 11.8 Å². The molecule has 0 aliphatic heterocycles. The second-order valence-electron chi connectivity index (χ2n) is 3.40. The van der Waals surface area contributed by atoms with Gasteiger partial charge in [0.05, 0.1) is 19.1 Å². The van der Waals surface area contributed by atoms with Gasteiger partial charge in [0.15, 0.2) is 0 Å². The predicted octanol–water partition coefficient (Wildman–Crippen LogP) is 2.23. The number of carbonyl (C=O) groups is 1. The number of hydrogen-bond donors (Lipinski definition) is 1. The Hall–Kier alpha value is -1.07. The fourth-order valence-corrected chi connectivity index (χ4v) is 2.09. The Balaban J connectivity index is 2.35. The van der Waals surface area contributed by atoms with Crippen LogP contribution in [0.15, 0.2) is 29.2 Å². The molecule has 0 saturated carbocycles. The van der Waals surface area contributed by atoms with Gasteiger partial charge in [-0.1, -0.05) is 12.1 Å². The molecule has 0 saturated heterocycles. The van der Waals surface area contributed by atoms with Gasteiger partial charge in [-0.15, -0.1) is 11.8 Å². The van der Waals surface area contributed by atoms with Crippen molar-refractivity contribution in [3.63, 3.8) is 0 Å². The molecule has 0 spiro atoms. The molecule has 0 aromatic heterocycles. The molecule has 0 heterocycles. The summed E-state index contributed by atoms with van der Waals surface area (Å²) in [5.74, 6) is -0.491. The fraction of sp³-hybridized carbons (Fsp3) is 0.417. The number of carbonyl (C=O) groups excluding carboxylic acids is 1. The first kappa shape index (κ1) is 14.0. The quantitative estimate of drug-likeness (QED) is 0.628. The first-order chi connectivity index (χ1) is 8.13. The van der Waals surface area contributed by atoms with Crippen LogP contribution in [0, 0.1) is 5.82 Å². The minimum atomic E-state index is -0.821. The van der Waals surface area contributed by atoms with Gasteiger partial charge in [0.25, 0.3) is 0 Å². The summed E-state index contributed by atoms with van der Waals surface area (Å²) in [6, 6.07) is 6.33. The van der Waals surface area contributed by atoms with E-state index < -0.39 is 12.1 Å². The van der Waals surface area contributed by atoms with Crippen molar-refractivity contribution in [2.24, 2.45) is 0 Å². The van der Waals surface area contributed by atoms with Gasteiger partial charge in [0.1, 0.15) is 5.82 Å². The highest BCUT2D eigenvalue weighted by Crippen LogP contribution is 2.22. The summed E-state index contributed by atoms with van der Waals surface area (Å²) in [5.41, 5.74) is 0. The lowest BCUT2D eigenvalue weighted by Gasteiger charge is -2.09. The van der Waals surface area contributed by atoms with E-state index in [0.29, 0.717) is 11.5 Å². The first-order valence-corrected chi connectivity index (χ1v) is 6.33. The highest BCUT2D eigenvalue weighted by atomic mass is 32.2. The van der Waals surface area contributed by atoms with Gasteiger partial charge in [-0.05, 0) is 19.1 Å². The molecule has 0 bridgehead atoms. The van der Waals surface area contributed by atoms with Crippen molar-refractivity contribution >= 4 is 17.7 Å². The fourth-order valence-electron chi connectivity index (χ4n) is 1.22. The van der Waals surface area contributed by atoms with Crippen LogP contribution < -0.4 is 0 Å². The Morgan fingerprint density at radius 3 is 2.88 bits per heavy atom. The molecule has 1 N–H and O–H groups in total. The molecule has 1 atom stereocenters. The summed E-state index contributed by atoms with van der Waals surface area (Å²) in [5, 5.41) is 9.55. The van der Waals surface area contributed by atoms with E-state index in [2.05, 4.69) is 0 Å². The van der Waals surface area contributed by atoms with Crippen LogP contribution in [-0.2, 0) is 9.53 Å². The van der Waals surface area contributed by atoms with Gasteiger partial charge in [0, 0.05) is 10.6 Å². The Labute approximate surface area is 104 Å². The predicted molar refractivity (Wildman–Crippen MR) is 64.4 cm³/mol. The molecule has 3 nitrogen and oxygen atoms in total. The van der Waals surface area contributed by atoms with E-state index in [-0.39, 0.29) is 18.0 Å². The van der Waals surface area contributed by atoms with E-state index in [1.807, 2.05) is 0 Å². The van der Waals surface area contributed by atoms with Crippen LogP contribution in [0.2, 0.25) is 0 Å². The normalized spacial score (nSPS) is 12.2. The van der Waals surface area contributed by atoms with Crippen LogP contribution in [0.3, 0.4) is 0 Å². The largest absolute Gasteiger partial charge is 0.466 e. The topological polar surface area (TPSA) is 46.5 Å². The summed E-state index contributed by atoms with van der Waals surface area (Å²) < 4.78 is 17.9. The van der Waals surface area contributed by atoms with Crippen molar-refractivity contribution < 1.29 is 19.0 Å². The van der Waals surface area contributed by atoms with Crippen LogP contribution in [0.4, 0.5) is 4.39 Å². The zero-order valence-corrected chi connectivity index (χ0v) is 10.4. The molecule has 17 heavy (non-hydrogen) atoms. The Bertz CT molecular complexity index is 371. The number of esters is 1. The van der Waals surface area contributed by atoms with Crippen molar-refractivity contribution in [3.05, 3.63) is 30.1 Å². The number of ether oxygens (including phenoxy) is 1. The Morgan fingerprint density at radius 2 is 2.24 bits per heavy atom. The molecule has 0 amide bonds. The monoisotopic (exact) mass is 258 g/mol. The van der Waals surface area contributed by atoms with E-state index in [1.54, 1.807) is 25.1 Å². The van der Waals surface area contributed by atoms with Crippen molar-refractivity contribution in [2.45, 2.75) is 24.3 Å². The SMILES string of the molecule is CCOC(=O)CC(O)CSc1ccccc1F. The van der Waals surface area contributed by atoms with Crippen molar-refractivity contribution in [1.29, 1.82) is 0 Å². The minimum absolute atomic E-state index is 0.0602. The number of rotatable bonds is 6. The molecule has 0 fully saturated rings. The first-order valence-electron chi connectivity index (χ1n) is 5.34. The van der Waals surface area contributed by atoms with Gasteiger partial charge in [-0.2, -0.15) is 0 Å². The Kier molecular flexibility index (Phi) is 6.00. The maximum atomic E-state index is 13.2. The summed E-state index contributed by atoms with van der Waals surface area (Å²) in [6.45, 7) is 2.00. The van der Waals surface area contributed by atoms with Crippen molar-refractivity contribution in [2.75, 3.05) is 12.4 Å². The average molecular weight is 258 g/mol. The lowest BCUT2D eigenvalue weighted by molar-refractivity contribution is -0.144. The zero-order chi connectivity index (χ0) is 12.7. The van der Waals surface area contributed by atoms with Crippen LogP contribution in [0.25, 0.3) is 0 Å². The number of thioether (sulfide) groups is 1. The molecule has 1 aromatic rings. The van der Waals surface area contributed by atoms with Gasteiger partial charge in [-0.3, -0.25) is 4.79 Å². The molecule has 94 valence electrons. The minimum Gasteiger partial charge on any atom is -0.466 e. The summed E-state index contributed by atoms with van der Waals surface area (Å²) in [4.78, 5) is 11.5. The third-order valence-electron chi connectivity index (χ3n) is 1.98. The van der Waals surface area contributed by atoms with E-state index in [1.165, 1.54) is 17.8 Å². The van der Waals surface area contributed by atoms with Crippen molar-refractivity contribution in [3.8, 4) is 0 Å². The number of hydrogen-bond acceptors (Lipinski definition) is 4. The lowest BCUT2D eigenvalue weighted by Crippen LogP contribution is -2.17. The third-order valence-corrected chi connectivity index (χ3v) is 3.17. The standard InChI is InChI=1S/C12H15FO3S/c1-2-16-12(15)7-9(14)8-17-11-6-4-3-5-10(11)13/h3-6,9,14H,2,7-8H2,1H3. The van der Waals surface area contributed by atoms with E-state index in [4.69, 9.17) is 4.74 Å². The molecule has 0 aliphatic carbocycles. The third kappa shape index (κ3) is 5.19. The molecule has 1 unspecified atom stereocenters. The highest BCUT2D eigenvalue weighted by Gasteiger charge is 2.12. The number of benzene rings is 1. The van der Waals surface area contributed by atoms with Crippen LogP contribution in [-0.4, -0.2) is 29.5 Å². The number of halogens is 1. The van der Waals surface area contributed by atoms with Crippen LogP contribution in [0.5, 0.6) is 0 Å². The van der Waals surface area contributed by atoms with Gasteiger partial charge in [-0.25, -0.2) is 4.39 Å². The van der Waals surface area contributed by atoms with Crippen LogP contribution in [0.1, 0.15) is 13.3 Å². The molecule has 1 rings (SSSR count). The molecule has 5 heteroatoms. The van der Waals surface area contributed by atoms with E-state index in [0.717, 1.165) is 0 Å². The summed E-state index contributed by atoms with van der Waals surface area (Å²) in [6.07, 6.45) is -0.881. The van der Waals surface area contributed by atoms with E-state index in [9.17, 15) is 14.3 Å². The molecular formula is C12H15FO3S. The zero-order valence-electron chi connectivity index (χ0n) is 9.56. The van der Waals surface area contributed by atoms with Gasteiger partial charge in [0.2, 0.25) is 0 Å². The van der Waals surface area contributed by atoms with Gasteiger partial charge < -0.3 is 9.84 Å². The Morgan fingerprint density at radius 1 is 1.53 bits per heavy atom. The maximum Gasteiger partial charge on any atom is 0.308 e. The smallest absolute Gasteiger partial charge is 0.308 e.